The Balaban J connectivity index is 1.58. The molecule has 0 spiro atoms. The van der Waals surface area contributed by atoms with Crippen molar-refractivity contribution in [2.75, 3.05) is 12.4 Å². The lowest BCUT2D eigenvalue weighted by Gasteiger charge is -2.10. The highest BCUT2D eigenvalue weighted by Crippen LogP contribution is 2.25. The van der Waals surface area contributed by atoms with Gasteiger partial charge in [0.05, 0.1) is 36.5 Å². The Morgan fingerprint density at radius 1 is 1.25 bits per heavy atom. The standard InChI is InChI=1S/C21H19N3O3S/c1-14-3-6-17(7-4-14)27-12-21-23-16(13-28-21)10-20(25)24-18-9-15(11-22)5-8-19(18)26-2/h3-9,13H,10,12H2,1-2H3,(H,24,25). The Hall–Kier alpha value is -3.37. The van der Waals surface area contributed by atoms with Crippen LogP contribution >= 0.6 is 11.3 Å². The summed E-state index contributed by atoms with van der Waals surface area (Å²) in [6.07, 6.45) is 0.126. The topological polar surface area (TPSA) is 84.2 Å². The number of rotatable bonds is 7. The molecule has 3 rings (SSSR count). The highest BCUT2D eigenvalue weighted by atomic mass is 32.1. The van der Waals surface area contributed by atoms with E-state index in [-0.39, 0.29) is 12.3 Å². The zero-order valence-electron chi connectivity index (χ0n) is 15.6. The molecule has 0 unspecified atom stereocenters. The van der Waals surface area contributed by atoms with E-state index in [0.717, 1.165) is 10.8 Å². The first-order chi connectivity index (χ1) is 13.6. The number of nitrogens with zero attached hydrogens (tertiary/aromatic N) is 2. The Morgan fingerprint density at radius 2 is 2.04 bits per heavy atom. The summed E-state index contributed by atoms with van der Waals surface area (Å²) < 4.78 is 10.9. The SMILES string of the molecule is COc1ccc(C#N)cc1NC(=O)Cc1csc(COc2ccc(C)cc2)n1. The monoisotopic (exact) mass is 393 g/mol. The van der Waals surface area contributed by atoms with E-state index in [1.807, 2.05) is 42.6 Å². The quantitative estimate of drug-likeness (QED) is 0.653. The number of hydrogen-bond acceptors (Lipinski definition) is 6. The van der Waals surface area contributed by atoms with Crippen molar-refractivity contribution in [1.29, 1.82) is 5.26 Å². The number of hydrogen-bond donors (Lipinski definition) is 1. The molecule has 1 amide bonds. The molecule has 0 saturated carbocycles. The molecule has 1 heterocycles. The van der Waals surface area contributed by atoms with Gasteiger partial charge in [0.25, 0.3) is 0 Å². The first-order valence-corrected chi connectivity index (χ1v) is 9.46. The van der Waals surface area contributed by atoms with E-state index in [1.165, 1.54) is 24.0 Å². The van der Waals surface area contributed by atoms with Gasteiger partial charge in [-0.05, 0) is 37.3 Å². The van der Waals surface area contributed by atoms with Gasteiger partial charge >= 0.3 is 0 Å². The third kappa shape index (κ3) is 5.09. The van der Waals surface area contributed by atoms with Crippen LogP contribution in [0.25, 0.3) is 0 Å². The van der Waals surface area contributed by atoms with Crippen molar-refractivity contribution in [3.8, 4) is 17.6 Å². The summed E-state index contributed by atoms with van der Waals surface area (Å²) in [5, 5.41) is 14.4. The first kappa shape index (κ1) is 19.4. The average Bonchev–Trinajstić information content (AvgIpc) is 3.14. The van der Waals surface area contributed by atoms with Gasteiger partial charge in [-0.3, -0.25) is 4.79 Å². The summed E-state index contributed by atoms with van der Waals surface area (Å²) in [5.41, 5.74) is 2.75. The molecule has 2 aromatic carbocycles. The molecule has 0 bridgehead atoms. The van der Waals surface area contributed by atoms with Crippen LogP contribution in [0.1, 0.15) is 21.8 Å². The fourth-order valence-corrected chi connectivity index (χ4v) is 3.22. The number of anilines is 1. The summed E-state index contributed by atoms with van der Waals surface area (Å²) in [6.45, 7) is 2.38. The molecule has 0 aliphatic carbocycles. The number of methoxy groups -OCH3 is 1. The van der Waals surface area contributed by atoms with Crippen molar-refractivity contribution >= 4 is 22.9 Å². The zero-order chi connectivity index (χ0) is 19.9. The van der Waals surface area contributed by atoms with Crippen LogP contribution in [0.5, 0.6) is 11.5 Å². The van der Waals surface area contributed by atoms with E-state index in [1.54, 1.807) is 18.2 Å². The van der Waals surface area contributed by atoms with Crippen LogP contribution in [0.4, 0.5) is 5.69 Å². The van der Waals surface area contributed by atoms with Crippen molar-refractivity contribution in [3.63, 3.8) is 0 Å². The molecule has 0 fully saturated rings. The second-order valence-electron chi connectivity index (χ2n) is 6.09. The van der Waals surface area contributed by atoms with Crippen LogP contribution in [-0.4, -0.2) is 18.0 Å². The Kier molecular flexibility index (Phi) is 6.25. The molecule has 0 saturated heterocycles. The number of amides is 1. The van der Waals surface area contributed by atoms with Gasteiger partial charge < -0.3 is 14.8 Å². The number of benzene rings is 2. The number of thiazole rings is 1. The number of aromatic nitrogens is 1. The Morgan fingerprint density at radius 3 is 2.75 bits per heavy atom. The highest BCUT2D eigenvalue weighted by molar-refractivity contribution is 7.09. The van der Waals surface area contributed by atoms with Crippen molar-refractivity contribution < 1.29 is 14.3 Å². The number of carbonyl (C=O) groups excluding carboxylic acids is 1. The molecule has 0 aliphatic heterocycles. The average molecular weight is 393 g/mol. The second kappa shape index (κ2) is 9.02. The molecule has 6 nitrogen and oxygen atoms in total. The summed E-state index contributed by atoms with van der Waals surface area (Å²) in [4.78, 5) is 16.8. The molecule has 3 aromatic rings. The minimum atomic E-state index is -0.232. The van der Waals surface area contributed by atoms with Gasteiger partial charge in [-0.15, -0.1) is 11.3 Å². The normalized spacial score (nSPS) is 10.2. The maximum atomic E-state index is 12.4. The third-order valence-electron chi connectivity index (χ3n) is 3.93. The lowest BCUT2D eigenvalue weighted by molar-refractivity contribution is -0.115. The van der Waals surface area contributed by atoms with Gasteiger partial charge in [-0.1, -0.05) is 17.7 Å². The third-order valence-corrected chi connectivity index (χ3v) is 4.80. The number of nitrogens with one attached hydrogen (secondary N) is 1. The number of carbonyl (C=O) groups is 1. The molecule has 28 heavy (non-hydrogen) atoms. The molecular formula is C21H19N3O3S. The van der Waals surface area contributed by atoms with Gasteiger partial charge in [-0.25, -0.2) is 4.98 Å². The largest absolute Gasteiger partial charge is 0.495 e. The minimum absolute atomic E-state index is 0.126. The molecule has 0 radical (unpaired) electrons. The maximum absolute atomic E-state index is 12.4. The van der Waals surface area contributed by atoms with Crippen LogP contribution in [-0.2, 0) is 17.8 Å². The van der Waals surface area contributed by atoms with E-state index in [0.29, 0.717) is 29.3 Å². The van der Waals surface area contributed by atoms with Crippen LogP contribution in [0, 0.1) is 18.3 Å². The van der Waals surface area contributed by atoms with Crippen molar-refractivity contribution in [3.05, 3.63) is 69.7 Å². The predicted molar refractivity (Wildman–Crippen MR) is 108 cm³/mol. The van der Waals surface area contributed by atoms with Gasteiger partial charge in [-0.2, -0.15) is 5.26 Å². The van der Waals surface area contributed by atoms with Crippen molar-refractivity contribution in [2.45, 2.75) is 20.0 Å². The number of ether oxygens (including phenoxy) is 2. The van der Waals surface area contributed by atoms with E-state index < -0.39 is 0 Å². The number of nitriles is 1. The number of aryl methyl sites for hydroxylation is 1. The maximum Gasteiger partial charge on any atom is 0.230 e. The lowest BCUT2D eigenvalue weighted by Crippen LogP contribution is -2.15. The molecule has 0 aliphatic rings. The summed E-state index contributed by atoms with van der Waals surface area (Å²) >= 11 is 1.45. The van der Waals surface area contributed by atoms with Crippen LogP contribution in [0.15, 0.2) is 47.8 Å². The van der Waals surface area contributed by atoms with Gasteiger partial charge in [0.1, 0.15) is 23.1 Å². The van der Waals surface area contributed by atoms with E-state index in [9.17, 15) is 4.79 Å². The van der Waals surface area contributed by atoms with Crippen LogP contribution in [0.2, 0.25) is 0 Å². The second-order valence-corrected chi connectivity index (χ2v) is 7.03. The predicted octanol–water partition coefficient (Wildman–Crippen LogP) is 4.09. The minimum Gasteiger partial charge on any atom is -0.495 e. The zero-order valence-corrected chi connectivity index (χ0v) is 16.4. The fraction of sp³-hybridized carbons (Fsp3) is 0.190. The van der Waals surface area contributed by atoms with E-state index in [4.69, 9.17) is 14.7 Å². The molecule has 1 N–H and O–H groups in total. The van der Waals surface area contributed by atoms with E-state index in [2.05, 4.69) is 10.3 Å². The Labute approximate surface area is 167 Å². The van der Waals surface area contributed by atoms with Gasteiger partial charge in [0.2, 0.25) is 5.91 Å². The molecule has 1 aromatic heterocycles. The van der Waals surface area contributed by atoms with Crippen LogP contribution in [0.3, 0.4) is 0 Å². The summed E-state index contributed by atoms with van der Waals surface area (Å²) in [6, 6.07) is 14.7. The smallest absolute Gasteiger partial charge is 0.230 e. The fourth-order valence-electron chi connectivity index (χ4n) is 2.51. The Bertz CT molecular complexity index is 1010. The van der Waals surface area contributed by atoms with Crippen LogP contribution < -0.4 is 14.8 Å². The molecule has 7 heteroatoms. The summed E-state index contributed by atoms with van der Waals surface area (Å²) in [7, 11) is 1.51. The first-order valence-electron chi connectivity index (χ1n) is 8.58. The highest BCUT2D eigenvalue weighted by Gasteiger charge is 2.12. The molecule has 142 valence electrons. The lowest BCUT2D eigenvalue weighted by atomic mass is 10.2. The summed E-state index contributed by atoms with van der Waals surface area (Å²) in [5.74, 6) is 1.05. The van der Waals surface area contributed by atoms with Gasteiger partial charge in [0.15, 0.2) is 0 Å². The van der Waals surface area contributed by atoms with Crippen molar-refractivity contribution in [1.82, 2.24) is 4.98 Å². The molecule has 0 atom stereocenters. The van der Waals surface area contributed by atoms with Crippen molar-refractivity contribution in [2.24, 2.45) is 0 Å². The van der Waals surface area contributed by atoms with Gasteiger partial charge in [0, 0.05) is 5.38 Å². The van der Waals surface area contributed by atoms with E-state index >= 15 is 0 Å². The molecular weight excluding hydrogens is 374 g/mol.